The Balaban J connectivity index is 1.94. The molecule has 0 saturated heterocycles. The highest BCUT2D eigenvalue weighted by atomic mass is 32.2. The zero-order valence-corrected chi connectivity index (χ0v) is 16.5. The van der Waals surface area contributed by atoms with Crippen molar-refractivity contribution in [3.05, 3.63) is 35.9 Å². The van der Waals surface area contributed by atoms with Gasteiger partial charge in [-0.3, -0.25) is 9.10 Å². The number of nitrogens with zero attached hydrogens (tertiary/aromatic N) is 1. The molecule has 1 aliphatic rings. The molecule has 0 radical (unpaired) electrons. The smallest absolute Gasteiger partial charge is 0.261 e. The van der Waals surface area contributed by atoms with Crippen LogP contribution in [0.3, 0.4) is 0 Å². The second-order valence-electron chi connectivity index (χ2n) is 6.57. The Bertz CT molecular complexity index is 741. The molecule has 1 aromatic rings. The van der Waals surface area contributed by atoms with E-state index >= 15 is 0 Å². The molecule has 26 heavy (non-hydrogen) atoms. The summed E-state index contributed by atoms with van der Waals surface area (Å²) in [6.07, 6.45) is 7.89. The normalized spacial score (nSPS) is 15.7. The summed E-state index contributed by atoms with van der Waals surface area (Å²) in [6.45, 7) is 2.48. The van der Waals surface area contributed by atoms with Gasteiger partial charge in [-0.05, 0) is 56.4 Å². The number of carbonyl (C=O) groups excluding carboxylic acids is 1. The van der Waals surface area contributed by atoms with E-state index in [4.69, 9.17) is 4.74 Å². The summed E-state index contributed by atoms with van der Waals surface area (Å²) < 4.78 is 30.1. The predicted octanol–water partition coefficient (Wildman–Crippen LogP) is 2.86. The van der Waals surface area contributed by atoms with Gasteiger partial charge in [0.15, 0.2) is 6.10 Å². The molecule has 2 rings (SSSR count). The van der Waals surface area contributed by atoms with Crippen molar-refractivity contribution in [3.8, 4) is 5.75 Å². The maximum Gasteiger partial charge on any atom is 0.261 e. The van der Waals surface area contributed by atoms with Gasteiger partial charge in [-0.25, -0.2) is 8.42 Å². The lowest BCUT2D eigenvalue weighted by Gasteiger charge is -2.20. The van der Waals surface area contributed by atoms with Gasteiger partial charge in [0, 0.05) is 13.6 Å². The van der Waals surface area contributed by atoms with Gasteiger partial charge in [0.25, 0.3) is 5.91 Å². The largest absolute Gasteiger partial charge is 0.481 e. The van der Waals surface area contributed by atoms with Crippen molar-refractivity contribution in [2.75, 3.05) is 24.2 Å². The van der Waals surface area contributed by atoms with E-state index in [9.17, 15) is 13.2 Å². The average molecular weight is 381 g/mol. The minimum Gasteiger partial charge on any atom is -0.481 e. The molecule has 0 unspecified atom stereocenters. The third-order valence-corrected chi connectivity index (χ3v) is 5.72. The number of rotatable bonds is 8. The molecule has 6 nitrogen and oxygen atoms in total. The molecule has 0 spiro atoms. The van der Waals surface area contributed by atoms with Gasteiger partial charge in [-0.1, -0.05) is 18.6 Å². The number of nitrogens with one attached hydrogen (secondary N) is 1. The zero-order valence-electron chi connectivity index (χ0n) is 15.7. The minimum atomic E-state index is -3.30. The van der Waals surface area contributed by atoms with Crippen molar-refractivity contribution >= 4 is 21.6 Å². The second kappa shape index (κ2) is 9.07. The number of amides is 1. The van der Waals surface area contributed by atoms with Crippen LogP contribution >= 0.6 is 0 Å². The van der Waals surface area contributed by atoms with Crippen molar-refractivity contribution in [2.45, 2.75) is 45.1 Å². The number of allylic oxidation sites excluding steroid dienone is 1. The van der Waals surface area contributed by atoms with Gasteiger partial charge in [0.2, 0.25) is 10.0 Å². The van der Waals surface area contributed by atoms with Crippen LogP contribution < -0.4 is 14.4 Å². The van der Waals surface area contributed by atoms with Crippen LogP contribution in [0, 0.1) is 0 Å². The van der Waals surface area contributed by atoms with Crippen LogP contribution in [-0.4, -0.2) is 40.3 Å². The number of ether oxygens (including phenoxy) is 1. The van der Waals surface area contributed by atoms with E-state index in [0.29, 0.717) is 24.4 Å². The lowest BCUT2D eigenvalue weighted by molar-refractivity contribution is -0.127. The Morgan fingerprint density at radius 3 is 2.50 bits per heavy atom. The maximum atomic E-state index is 12.4. The van der Waals surface area contributed by atoms with Gasteiger partial charge in [-0.2, -0.15) is 0 Å². The quantitative estimate of drug-likeness (QED) is 0.704. The maximum absolute atomic E-state index is 12.4. The topological polar surface area (TPSA) is 75.7 Å². The molecule has 144 valence electrons. The third-order valence-electron chi connectivity index (χ3n) is 4.51. The standard InChI is InChI=1S/C19H28N2O4S/c1-4-18(19(22)20-14-15-8-6-5-7-9-15)25-17-12-10-16(11-13-17)21(2)26(3,23)24/h8,10-13,18H,4-7,9,14H2,1-3H3,(H,20,22)/t18-/m0/s1. The molecule has 1 N–H and O–H groups in total. The van der Waals surface area contributed by atoms with Crippen LogP contribution in [0.25, 0.3) is 0 Å². The number of sulfonamides is 1. The van der Waals surface area contributed by atoms with Crippen molar-refractivity contribution in [3.63, 3.8) is 0 Å². The van der Waals surface area contributed by atoms with Crippen LogP contribution in [-0.2, 0) is 14.8 Å². The van der Waals surface area contributed by atoms with Gasteiger partial charge < -0.3 is 10.1 Å². The SMILES string of the molecule is CC[C@H](Oc1ccc(N(C)S(C)(=O)=O)cc1)C(=O)NCC1=CCCCC1. The molecule has 0 saturated carbocycles. The Morgan fingerprint density at radius 2 is 1.96 bits per heavy atom. The van der Waals surface area contributed by atoms with E-state index < -0.39 is 16.1 Å². The summed E-state index contributed by atoms with van der Waals surface area (Å²) in [4.78, 5) is 12.4. The monoisotopic (exact) mass is 380 g/mol. The van der Waals surface area contributed by atoms with Crippen molar-refractivity contribution < 1.29 is 17.9 Å². The first-order valence-corrected chi connectivity index (χ1v) is 10.8. The fourth-order valence-corrected chi connectivity index (χ4v) is 3.30. The van der Waals surface area contributed by atoms with Gasteiger partial charge >= 0.3 is 0 Å². The molecule has 1 amide bonds. The number of hydrogen-bond donors (Lipinski definition) is 1. The van der Waals surface area contributed by atoms with E-state index in [0.717, 1.165) is 19.1 Å². The van der Waals surface area contributed by atoms with Crippen LogP contribution in [0.15, 0.2) is 35.9 Å². The minimum absolute atomic E-state index is 0.128. The van der Waals surface area contributed by atoms with E-state index in [1.165, 1.54) is 29.8 Å². The average Bonchev–Trinajstić information content (AvgIpc) is 2.64. The van der Waals surface area contributed by atoms with Gasteiger partial charge in [-0.15, -0.1) is 0 Å². The molecule has 0 bridgehead atoms. The summed E-state index contributed by atoms with van der Waals surface area (Å²) in [6, 6.07) is 6.68. The van der Waals surface area contributed by atoms with Crippen molar-refractivity contribution in [2.24, 2.45) is 0 Å². The number of benzene rings is 1. The van der Waals surface area contributed by atoms with Gasteiger partial charge in [0.05, 0.1) is 11.9 Å². The first kappa shape index (κ1) is 20.3. The fourth-order valence-electron chi connectivity index (χ4n) is 2.79. The lowest BCUT2D eigenvalue weighted by Crippen LogP contribution is -2.39. The molecule has 1 aromatic carbocycles. The van der Waals surface area contributed by atoms with Crippen LogP contribution in [0.5, 0.6) is 5.75 Å². The first-order chi connectivity index (χ1) is 12.3. The molecule has 0 heterocycles. The van der Waals surface area contributed by atoms with Crippen LogP contribution in [0.4, 0.5) is 5.69 Å². The summed E-state index contributed by atoms with van der Waals surface area (Å²) in [5.74, 6) is 0.408. The van der Waals surface area contributed by atoms with E-state index in [1.807, 2.05) is 6.92 Å². The van der Waals surface area contributed by atoms with E-state index in [-0.39, 0.29) is 5.91 Å². The molecular weight excluding hydrogens is 352 g/mol. The number of hydrogen-bond acceptors (Lipinski definition) is 4. The van der Waals surface area contributed by atoms with Gasteiger partial charge in [0.1, 0.15) is 5.75 Å². The Hall–Kier alpha value is -2.02. The van der Waals surface area contributed by atoms with Crippen LogP contribution in [0.1, 0.15) is 39.0 Å². The summed E-state index contributed by atoms with van der Waals surface area (Å²) in [5.41, 5.74) is 1.83. The summed E-state index contributed by atoms with van der Waals surface area (Å²) in [7, 11) is -1.81. The molecule has 1 aliphatic carbocycles. The van der Waals surface area contributed by atoms with Crippen molar-refractivity contribution in [1.82, 2.24) is 5.32 Å². The summed E-state index contributed by atoms with van der Waals surface area (Å²) in [5, 5.41) is 2.95. The number of carbonyl (C=O) groups is 1. The van der Waals surface area contributed by atoms with Crippen molar-refractivity contribution in [1.29, 1.82) is 0 Å². The fraction of sp³-hybridized carbons (Fsp3) is 0.526. The molecular formula is C19H28N2O4S. The van der Waals surface area contributed by atoms with E-state index in [2.05, 4.69) is 11.4 Å². The second-order valence-corrected chi connectivity index (χ2v) is 8.58. The summed E-state index contributed by atoms with van der Waals surface area (Å²) >= 11 is 0. The molecule has 0 aliphatic heterocycles. The predicted molar refractivity (Wildman–Crippen MR) is 104 cm³/mol. The lowest BCUT2D eigenvalue weighted by atomic mass is 10.00. The molecule has 7 heteroatoms. The highest BCUT2D eigenvalue weighted by Gasteiger charge is 2.19. The highest BCUT2D eigenvalue weighted by Crippen LogP contribution is 2.22. The third kappa shape index (κ3) is 5.76. The van der Waals surface area contributed by atoms with Crippen LogP contribution in [0.2, 0.25) is 0 Å². The Morgan fingerprint density at radius 1 is 1.27 bits per heavy atom. The molecule has 0 fully saturated rings. The number of anilines is 1. The zero-order chi connectivity index (χ0) is 19.2. The molecule has 1 atom stereocenters. The van der Waals surface area contributed by atoms with E-state index in [1.54, 1.807) is 24.3 Å². The molecule has 0 aromatic heterocycles. The Labute approximate surface area is 156 Å². The Kier molecular flexibility index (Phi) is 7.08. The highest BCUT2D eigenvalue weighted by molar-refractivity contribution is 7.92. The first-order valence-electron chi connectivity index (χ1n) is 8.97.